The molecule has 1 heterocycles. The number of nitrogens with zero attached hydrogens (tertiary/aromatic N) is 3. The lowest BCUT2D eigenvalue weighted by molar-refractivity contribution is -0.903. The van der Waals surface area contributed by atoms with Crippen molar-refractivity contribution in [2.75, 3.05) is 20.6 Å². The number of fused-ring (bicyclic) bond motifs is 1. The number of quaternary nitrogens is 1. The van der Waals surface area contributed by atoms with Crippen LogP contribution >= 0.6 is 0 Å². The van der Waals surface area contributed by atoms with Gasteiger partial charge in [0.1, 0.15) is 23.8 Å². The zero-order chi connectivity index (χ0) is 33.6. The summed E-state index contributed by atoms with van der Waals surface area (Å²) in [5.41, 5.74) is 7.47. The van der Waals surface area contributed by atoms with E-state index in [9.17, 15) is 19.3 Å². The quantitative estimate of drug-likeness (QED) is 0.164. The Morgan fingerprint density at radius 2 is 1.52 bits per heavy atom. The number of benzene rings is 4. The first-order valence-electron chi connectivity index (χ1n) is 16.3. The first-order valence-corrected chi connectivity index (χ1v) is 16.3. The average Bonchev–Trinajstić information content (AvgIpc) is 3.42. The zero-order valence-electron chi connectivity index (χ0n) is 28.1. The van der Waals surface area contributed by atoms with Gasteiger partial charge in [-0.25, -0.2) is 8.78 Å². The van der Waals surface area contributed by atoms with Crippen LogP contribution in [0.25, 0.3) is 5.57 Å². The maximum atomic E-state index is 14.0. The summed E-state index contributed by atoms with van der Waals surface area (Å²) in [6.07, 6.45) is 5.67. The van der Waals surface area contributed by atoms with Gasteiger partial charge in [0, 0.05) is 5.56 Å². The minimum atomic E-state index is -0.738. The van der Waals surface area contributed by atoms with Gasteiger partial charge in [0.05, 0.1) is 50.5 Å². The van der Waals surface area contributed by atoms with Crippen LogP contribution in [0.15, 0.2) is 91.0 Å². The Labute approximate surface area is 289 Å². The summed E-state index contributed by atoms with van der Waals surface area (Å²) in [6, 6.07) is 29.3. The van der Waals surface area contributed by atoms with E-state index >= 15 is 0 Å². The zero-order valence-corrected chi connectivity index (χ0v) is 28.8. The predicted octanol–water partition coefficient (Wildman–Crippen LogP) is 6.41. The summed E-state index contributed by atoms with van der Waals surface area (Å²) in [6.45, 7) is 6.30. The van der Waals surface area contributed by atoms with E-state index in [2.05, 4.69) is 46.2 Å². The maximum Gasteiger partial charge on any atom is 0.123 e. The number of ether oxygens (including phenoxy) is 1. The Bertz CT molecular complexity index is 1840. The van der Waals surface area contributed by atoms with Crippen LogP contribution in [0.5, 0.6) is 0 Å². The molecule has 0 N–H and O–H groups in total. The Morgan fingerprint density at radius 1 is 0.896 bits per heavy atom. The molecular formula is C41H42ClF2N3O. The SMILES string of the molecule is CC(C)CC/C=C(/c1ccc(F)cc1)c1ccc(C#N)cc1C[N+](C)(C)CCCC1(c2ccc(F)cc2)OCc2cc(C#N)ccc21.[Cl-]. The Kier molecular flexibility index (Phi) is 11.9. The molecule has 48 heavy (non-hydrogen) atoms. The normalized spacial score (nSPS) is 15.8. The van der Waals surface area contributed by atoms with Crippen LogP contribution in [0.3, 0.4) is 0 Å². The fourth-order valence-corrected chi connectivity index (χ4v) is 6.69. The molecule has 1 atom stereocenters. The molecule has 0 fully saturated rings. The van der Waals surface area contributed by atoms with Crippen molar-refractivity contribution in [3.8, 4) is 12.1 Å². The highest BCUT2D eigenvalue weighted by Crippen LogP contribution is 2.46. The number of allylic oxidation sites excluding steroid dienone is 1. The van der Waals surface area contributed by atoms with E-state index < -0.39 is 5.60 Å². The molecule has 1 aliphatic rings. The lowest BCUT2D eigenvalue weighted by Crippen LogP contribution is -3.00. The monoisotopic (exact) mass is 665 g/mol. The summed E-state index contributed by atoms with van der Waals surface area (Å²) < 4.78 is 35.1. The van der Waals surface area contributed by atoms with Gasteiger partial charge in [-0.05, 0) is 114 Å². The fraction of sp³-hybridized carbons (Fsp3) is 0.317. The van der Waals surface area contributed by atoms with Crippen LogP contribution in [-0.4, -0.2) is 25.1 Å². The van der Waals surface area contributed by atoms with E-state index in [1.54, 1.807) is 12.1 Å². The van der Waals surface area contributed by atoms with Gasteiger partial charge in [-0.15, -0.1) is 0 Å². The van der Waals surface area contributed by atoms with E-state index in [-0.39, 0.29) is 24.0 Å². The van der Waals surface area contributed by atoms with E-state index in [1.165, 1.54) is 24.3 Å². The van der Waals surface area contributed by atoms with Crippen LogP contribution in [0, 0.1) is 40.2 Å². The number of hydrogen-bond acceptors (Lipinski definition) is 3. The molecule has 0 amide bonds. The summed E-state index contributed by atoms with van der Waals surface area (Å²) in [5, 5.41) is 19.3. The second-order valence-corrected chi connectivity index (χ2v) is 13.6. The molecule has 0 spiro atoms. The van der Waals surface area contributed by atoms with Crippen molar-refractivity contribution in [1.82, 2.24) is 0 Å². The molecule has 0 saturated heterocycles. The summed E-state index contributed by atoms with van der Waals surface area (Å²) in [5.74, 6) is -0.0153. The minimum Gasteiger partial charge on any atom is -1.00 e. The van der Waals surface area contributed by atoms with Gasteiger partial charge in [0.15, 0.2) is 0 Å². The highest BCUT2D eigenvalue weighted by atomic mass is 35.5. The lowest BCUT2D eigenvalue weighted by atomic mass is 9.81. The first-order chi connectivity index (χ1) is 22.5. The van der Waals surface area contributed by atoms with Gasteiger partial charge in [-0.2, -0.15) is 10.5 Å². The van der Waals surface area contributed by atoms with Crippen molar-refractivity contribution in [1.29, 1.82) is 10.5 Å². The Hall–Kier alpha value is -4.33. The van der Waals surface area contributed by atoms with E-state index in [0.717, 1.165) is 64.8 Å². The van der Waals surface area contributed by atoms with Crippen molar-refractivity contribution in [2.45, 2.75) is 58.3 Å². The summed E-state index contributed by atoms with van der Waals surface area (Å²) >= 11 is 0. The van der Waals surface area contributed by atoms with Crippen molar-refractivity contribution in [2.24, 2.45) is 5.92 Å². The molecule has 0 radical (unpaired) electrons. The Morgan fingerprint density at radius 3 is 2.17 bits per heavy atom. The van der Waals surface area contributed by atoms with Crippen molar-refractivity contribution in [3.63, 3.8) is 0 Å². The van der Waals surface area contributed by atoms with Gasteiger partial charge >= 0.3 is 0 Å². The number of rotatable bonds is 12. The molecule has 0 saturated carbocycles. The van der Waals surface area contributed by atoms with Gasteiger partial charge in [0.2, 0.25) is 0 Å². The van der Waals surface area contributed by atoms with Crippen molar-refractivity contribution in [3.05, 3.63) is 147 Å². The molecule has 4 aromatic carbocycles. The fourth-order valence-electron chi connectivity index (χ4n) is 6.69. The molecule has 248 valence electrons. The third kappa shape index (κ3) is 8.38. The minimum absolute atomic E-state index is 0. The molecule has 0 bridgehead atoms. The predicted molar refractivity (Wildman–Crippen MR) is 182 cm³/mol. The second kappa shape index (κ2) is 15.7. The van der Waals surface area contributed by atoms with E-state index in [0.29, 0.717) is 41.1 Å². The van der Waals surface area contributed by atoms with Crippen LogP contribution in [0.1, 0.15) is 84.0 Å². The molecule has 0 aromatic heterocycles. The molecule has 5 rings (SSSR count). The first kappa shape index (κ1) is 36.5. The highest BCUT2D eigenvalue weighted by Gasteiger charge is 2.42. The highest BCUT2D eigenvalue weighted by molar-refractivity contribution is 5.81. The van der Waals surface area contributed by atoms with Crippen LogP contribution in [-0.2, 0) is 23.5 Å². The molecule has 1 unspecified atom stereocenters. The second-order valence-electron chi connectivity index (χ2n) is 13.6. The lowest BCUT2D eigenvalue weighted by Gasteiger charge is -2.34. The standard InChI is InChI=1S/C41H42F2N3O.ClH/c1-29(2)7-5-8-38(32-11-15-36(42)16-12-32)39-19-9-30(25-44)23-33(39)27-46(3,4)22-6-21-41(35-13-17-37(43)18-14-35)40-20-10-31(26-45)24-34(40)28-47-41;/h8-20,23-24,29H,5-7,21-22,27-28H2,1-4H3;1H/q+1;/p-1/b38-8-;. The molecule has 0 aliphatic carbocycles. The van der Waals surface area contributed by atoms with Gasteiger partial charge < -0.3 is 21.6 Å². The molecule has 4 nitrogen and oxygen atoms in total. The Balaban J connectivity index is 0.00000520. The smallest absolute Gasteiger partial charge is 0.123 e. The van der Waals surface area contributed by atoms with Crippen molar-refractivity contribution >= 4 is 5.57 Å². The van der Waals surface area contributed by atoms with Gasteiger partial charge in [-0.3, -0.25) is 0 Å². The van der Waals surface area contributed by atoms with Gasteiger partial charge in [0.25, 0.3) is 0 Å². The van der Waals surface area contributed by atoms with Gasteiger partial charge in [-0.1, -0.05) is 56.3 Å². The number of halogens is 3. The van der Waals surface area contributed by atoms with E-state index in [4.69, 9.17) is 4.74 Å². The number of nitriles is 2. The molecular weight excluding hydrogens is 624 g/mol. The third-order valence-corrected chi connectivity index (χ3v) is 9.12. The summed E-state index contributed by atoms with van der Waals surface area (Å²) in [7, 11) is 4.38. The van der Waals surface area contributed by atoms with Crippen LogP contribution < -0.4 is 12.4 Å². The molecule has 4 aromatic rings. The maximum absolute atomic E-state index is 14.0. The number of hydrogen-bond donors (Lipinski definition) is 0. The van der Waals surface area contributed by atoms with Crippen LogP contribution in [0.2, 0.25) is 0 Å². The largest absolute Gasteiger partial charge is 1.00 e. The summed E-state index contributed by atoms with van der Waals surface area (Å²) in [4.78, 5) is 0. The van der Waals surface area contributed by atoms with Crippen LogP contribution in [0.4, 0.5) is 8.78 Å². The van der Waals surface area contributed by atoms with E-state index in [1.807, 2.05) is 48.5 Å². The van der Waals surface area contributed by atoms with Crippen molar-refractivity contribution < 1.29 is 30.4 Å². The third-order valence-electron chi connectivity index (χ3n) is 9.12. The topological polar surface area (TPSA) is 56.8 Å². The average molecular weight is 666 g/mol. The molecule has 1 aliphatic heterocycles. The molecule has 7 heteroatoms.